The van der Waals surface area contributed by atoms with Crippen LogP contribution in [0.25, 0.3) is 11.3 Å². The van der Waals surface area contributed by atoms with Crippen LogP contribution in [0.4, 0.5) is 5.95 Å². The monoisotopic (exact) mass is 317 g/mol. The summed E-state index contributed by atoms with van der Waals surface area (Å²) in [6.07, 6.45) is 2.81. The van der Waals surface area contributed by atoms with Crippen molar-refractivity contribution in [1.29, 1.82) is 0 Å². The lowest BCUT2D eigenvalue weighted by molar-refractivity contribution is 0.311. The zero-order valence-corrected chi connectivity index (χ0v) is 13.3. The van der Waals surface area contributed by atoms with Crippen LogP contribution < -0.4 is 5.32 Å². The van der Waals surface area contributed by atoms with Crippen LogP contribution in [0, 0.1) is 0 Å². The lowest BCUT2D eigenvalue weighted by Gasteiger charge is -2.27. The van der Waals surface area contributed by atoms with E-state index >= 15 is 0 Å². The topological polar surface area (TPSA) is 58.0 Å². The van der Waals surface area contributed by atoms with Gasteiger partial charge in [-0.05, 0) is 23.1 Å². The summed E-state index contributed by atoms with van der Waals surface area (Å²) in [5.41, 5.74) is 5.95. The van der Waals surface area contributed by atoms with Crippen LogP contribution in [0.3, 0.4) is 0 Å². The number of anilines is 1. The quantitative estimate of drug-likeness (QED) is 0.775. The zero-order chi connectivity index (χ0) is 16.4. The van der Waals surface area contributed by atoms with Gasteiger partial charge < -0.3 is 10.4 Å². The Morgan fingerprint density at radius 3 is 2.67 bits per heavy atom. The standard InChI is InChI=1S/C20H19N3O/c24-11-10-21-20-22-13-15-12-18(14-6-2-1-3-7-14)16-8-4-5-9-17(16)19(15)23-20/h1-9,13,18,24H,10-12H2,(H,21,22,23). The van der Waals surface area contributed by atoms with Gasteiger partial charge in [0.2, 0.25) is 5.95 Å². The van der Waals surface area contributed by atoms with Crippen molar-refractivity contribution in [3.05, 3.63) is 77.5 Å². The predicted molar refractivity (Wildman–Crippen MR) is 95.0 cm³/mol. The van der Waals surface area contributed by atoms with E-state index in [0.717, 1.165) is 17.7 Å². The Bertz CT molecular complexity index is 849. The van der Waals surface area contributed by atoms with Gasteiger partial charge in [-0.3, -0.25) is 0 Å². The first kappa shape index (κ1) is 14.8. The molecule has 1 aliphatic rings. The molecule has 0 saturated heterocycles. The van der Waals surface area contributed by atoms with Crippen molar-refractivity contribution in [2.24, 2.45) is 0 Å². The number of benzene rings is 2. The fraction of sp³-hybridized carbons (Fsp3) is 0.200. The first-order valence-electron chi connectivity index (χ1n) is 8.21. The maximum absolute atomic E-state index is 8.97. The SMILES string of the molecule is OCCNc1ncc2c(n1)-c1ccccc1C(c1ccccc1)C2. The van der Waals surface area contributed by atoms with E-state index in [1.165, 1.54) is 16.7 Å². The summed E-state index contributed by atoms with van der Waals surface area (Å²) in [7, 11) is 0. The minimum Gasteiger partial charge on any atom is -0.395 e. The number of rotatable bonds is 4. The van der Waals surface area contributed by atoms with Crippen molar-refractivity contribution in [2.75, 3.05) is 18.5 Å². The Kier molecular flexibility index (Phi) is 3.97. The molecule has 4 rings (SSSR count). The van der Waals surface area contributed by atoms with Gasteiger partial charge in [-0.2, -0.15) is 0 Å². The van der Waals surface area contributed by atoms with Gasteiger partial charge >= 0.3 is 0 Å². The molecular weight excluding hydrogens is 298 g/mol. The second-order valence-electron chi connectivity index (χ2n) is 5.97. The van der Waals surface area contributed by atoms with Crippen molar-refractivity contribution < 1.29 is 5.11 Å². The Balaban J connectivity index is 1.80. The molecule has 1 aliphatic carbocycles. The van der Waals surface area contributed by atoms with Crippen molar-refractivity contribution in [2.45, 2.75) is 12.3 Å². The third kappa shape index (κ3) is 2.65. The van der Waals surface area contributed by atoms with Crippen molar-refractivity contribution >= 4 is 5.95 Å². The Morgan fingerprint density at radius 1 is 1.04 bits per heavy atom. The summed E-state index contributed by atoms with van der Waals surface area (Å²) >= 11 is 0. The van der Waals surface area contributed by atoms with E-state index in [1.54, 1.807) is 0 Å². The van der Waals surface area contributed by atoms with E-state index in [-0.39, 0.29) is 6.61 Å². The lowest BCUT2D eigenvalue weighted by Crippen LogP contribution is -2.16. The molecule has 3 aromatic rings. The van der Waals surface area contributed by atoms with Crippen molar-refractivity contribution in [1.82, 2.24) is 9.97 Å². The molecular formula is C20H19N3O. The fourth-order valence-electron chi connectivity index (χ4n) is 3.37. The molecule has 0 aliphatic heterocycles. The van der Waals surface area contributed by atoms with Gasteiger partial charge in [0.05, 0.1) is 12.3 Å². The number of hydrogen-bond donors (Lipinski definition) is 2. The van der Waals surface area contributed by atoms with E-state index in [9.17, 15) is 0 Å². The highest BCUT2D eigenvalue weighted by molar-refractivity contribution is 5.72. The smallest absolute Gasteiger partial charge is 0.223 e. The second-order valence-corrected chi connectivity index (χ2v) is 5.97. The molecule has 0 spiro atoms. The summed E-state index contributed by atoms with van der Waals surface area (Å²) in [4.78, 5) is 9.08. The highest BCUT2D eigenvalue weighted by atomic mass is 16.3. The van der Waals surface area contributed by atoms with Crippen LogP contribution in [0.5, 0.6) is 0 Å². The number of aromatic nitrogens is 2. The summed E-state index contributed by atoms with van der Waals surface area (Å²) in [5, 5.41) is 12.0. The average molecular weight is 317 g/mol. The van der Waals surface area contributed by atoms with Gasteiger partial charge in [0.1, 0.15) is 0 Å². The number of aliphatic hydroxyl groups is 1. The molecule has 4 nitrogen and oxygen atoms in total. The molecule has 2 aromatic carbocycles. The van der Waals surface area contributed by atoms with E-state index in [2.05, 4.69) is 63.8 Å². The molecule has 0 bridgehead atoms. The predicted octanol–water partition coefficient (Wildman–Crippen LogP) is 3.24. The summed E-state index contributed by atoms with van der Waals surface area (Å²) in [6, 6.07) is 19.1. The highest BCUT2D eigenvalue weighted by Gasteiger charge is 2.27. The number of fused-ring (bicyclic) bond motifs is 3. The fourth-order valence-corrected chi connectivity index (χ4v) is 3.37. The van der Waals surface area contributed by atoms with Gasteiger partial charge in [0, 0.05) is 24.2 Å². The van der Waals surface area contributed by atoms with Gasteiger partial charge in [-0.1, -0.05) is 54.6 Å². The number of nitrogens with one attached hydrogen (secondary N) is 1. The Labute approximate surface area is 141 Å². The Hall–Kier alpha value is -2.72. The molecule has 1 aromatic heterocycles. The molecule has 1 atom stereocenters. The minimum absolute atomic E-state index is 0.0626. The molecule has 0 radical (unpaired) electrons. The van der Waals surface area contributed by atoms with Crippen molar-refractivity contribution in [3.8, 4) is 11.3 Å². The molecule has 0 saturated carbocycles. The molecule has 2 N–H and O–H groups in total. The average Bonchev–Trinajstić information content (AvgIpc) is 2.66. The minimum atomic E-state index is 0.0626. The lowest BCUT2D eigenvalue weighted by atomic mass is 9.78. The first-order valence-corrected chi connectivity index (χ1v) is 8.21. The molecule has 1 unspecified atom stereocenters. The summed E-state index contributed by atoms with van der Waals surface area (Å²) < 4.78 is 0. The van der Waals surface area contributed by atoms with Gasteiger partial charge in [-0.15, -0.1) is 0 Å². The van der Waals surface area contributed by atoms with Crippen LogP contribution in [-0.2, 0) is 6.42 Å². The highest BCUT2D eigenvalue weighted by Crippen LogP contribution is 2.41. The molecule has 24 heavy (non-hydrogen) atoms. The van der Waals surface area contributed by atoms with Gasteiger partial charge in [-0.25, -0.2) is 9.97 Å². The van der Waals surface area contributed by atoms with E-state index < -0.39 is 0 Å². The molecule has 1 heterocycles. The van der Waals surface area contributed by atoms with Crippen molar-refractivity contribution in [3.63, 3.8) is 0 Å². The largest absolute Gasteiger partial charge is 0.395 e. The number of hydrogen-bond acceptors (Lipinski definition) is 4. The third-order valence-electron chi connectivity index (χ3n) is 4.48. The normalized spacial score (nSPS) is 15.5. The number of aliphatic hydroxyl groups excluding tert-OH is 1. The maximum Gasteiger partial charge on any atom is 0.223 e. The van der Waals surface area contributed by atoms with E-state index in [4.69, 9.17) is 5.11 Å². The molecule has 0 amide bonds. The summed E-state index contributed by atoms with van der Waals surface area (Å²) in [5.74, 6) is 0.894. The second kappa shape index (κ2) is 6.42. The molecule has 0 fully saturated rings. The van der Waals surface area contributed by atoms with E-state index in [0.29, 0.717) is 18.4 Å². The Morgan fingerprint density at radius 2 is 1.83 bits per heavy atom. The van der Waals surface area contributed by atoms with E-state index in [1.807, 2.05) is 12.3 Å². The maximum atomic E-state index is 8.97. The molecule has 4 heteroatoms. The van der Waals surface area contributed by atoms with Crippen LogP contribution >= 0.6 is 0 Å². The van der Waals surface area contributed by atoms with Crippen LogP contribution in [0.15, 0.2) is 60.8 Å². The molecule has 120 valence electrons. The van der Waals surface area contributed by atoms with Crippen LogP contribution in [0.1, 0.15) is 22.6 Å². The number of nitrogens with zero attached hydrogens (tertiary/aromatic N) is 2. The van der Waals surface area contributed by atoms with Crippen LogP contribution in [0.2, 0.25) is 0 Å². The zero-order valence-electron chi connectivity index (χ0n) is 13.3. The van der Waals surface area contributed by atoms with Gasteiger partial charge in [0.15, 0.2) is 0 Å². The van der Waals surface area contributed by atoms with Crippen LogP contribution in [-0.4, -0.2) is 28.2 Å². The first-order chi connectivity index (χ1) is 11.9. The third-order valence-corrected chi connectivity index (χ3v) is 4.48. The van der Waals surface area contributed by atoms with Gasteiger partial charge in [0.25, 0.3) is 0 Å². The summed E-state index contributed by atoms with van der Waals surface area (Å²) in [6.45, 7) is 0.514.